The van der Waals surface area contributed by atoms with E-state index in [0.717, 1.165) is 25.9 Å². The van der Waals surface area contributed by atoms with E-state index in [-0.39, 0.29) is 11.9 Å². The molecule has 0 aliphatic heterocycles. The van der Waals surface area contributed by atoms with Crippen molar-refractivity contribution in [3.8, 4) is 0 Å². The highest BCUT2D eigenvalue weighted by molar-refractivity contribution is 5.86. The predicted octanol–water partition coefficient (Wildman–Crippen LogP) is 1.10. The van der Waals surface area contributed by atoms with Gasteiger partial charge in [0.05, 0.1) is 0 Å². The third-order valence-electron chi connectivity index (χ3n) is 4.18. The van der Waals surface area contributed by atoms with Gasteiger partial charge in [-0.05, 0) is 52.0 Å². The molecule has 2 aliphatic carbocycles. The molecule has 0 bridgehead atoms. The van der Waals surface area contributed by atoms with Crippen molar-refractivity contribution in [2.45, 2.75) is 64.1 Å². The van der Waals surface area contributed by atoms with Crippen molar-refractivity contribution in [2.75, 3.05) is 13.1 Å². The molecule has 2 rings (SSSR count). The number of carbonyl (C=O) groups excluding carboxylic acids is 1. The Morgan fingerprint density at radius 1 is 1.39 bits per heavy atom. The largest absolute Gasteiger partial charge is 0.368 e. The molecule has 18 heavy (non-hydrogen) atoms. The average Bonchev–Trinajstić information content (AvgIpc) is 3.16. The Bertz CT molecular complexity index is 310. The summed E-state index contributed by atoms with van der Waals surface area (Å²) in [6.07, 6.45) is 4.81. The van der Waals surface area contributed by atoms with Crippen LogP contribution < -0.4 is 11.1 Å². The second-order valence-electron chi connectivity index (χ2n) is 6.20. The quantitative estimate of drug-likeness (QED) is 0.681. The molecule has 1 amide bonds. The van der Waals surface area contributed by atoms with E-state index >= 15 is 0 Å². The summed E-state index contributed by atoms with van der Waals surface area (Å²) in [5.41, 5.74) is 5.25. The van der Waals surface area contributed by atoms with Crippen molar-refractivity contribution >= 4 is 5.91 Å². The maximum Gasteiger partial charge on any atom is 0.239 e. The molecule has 4 heteroatoms. The van der Waals surface area contributed by atoms with Crippen LogP contribution in [0.1, 0.15) is 46.5 Å². The number of nitrogens with two attached hydrogens (primary N) is 1. The molecule has 0 aromatic carbocycles. The molecule has 0 aromatic rings. The van der Waals surface area contributed by atoms with Gasteiger partial charge in [0.25, 0.3) is 0 Å². The number of rotatable bonds is 8. The molecule has 3 N–H and O–H groups in total. The van der Waals surface area contributed by atoms with Crippen LogP contribution in [0.5, 0.6) is 0 Å². The van der Waals surface area contributed by atoms with Gasteiger partial charge in [0.2, 0.25) is 5.91 Å². The fourth-order valence-corrected chi connectivity index (χ4v) is 2.99. The zero-order chi connectivity index (χ0) is 13.3. The van der Waals surface area contributed by atoms with Gasteiger partial charge < -0.3 is 5.73 Å². The van der Waals surface area contributed by atoms with Crippen LogP contribution in [0, 0.1) is 5.92 Å². The fourth-order valence-electron chi connectivity index (χ4n) is 2.99. The lowest BCUT2D eigenvalue weighted by Crippen LogP contribution is -2.65. The molecule has 1 atom stereocenters. The molecule has 104 valence electrons. The van der Waals surface area contributed by atoms with Crippen molar-refractivity contribution in [3.05, 3.63) is 0 Å². The Hall–Kier alpha value is -0.610. The summed E-state index contributed by atoms with van der Waals surface area (Å²) >= 11 is 0. The lowest BCUT2D eigenvalue weighted by atomic mass is 9.90. The molecule has 2 aliphatic rings. The number of hydrogen-bond donors (Lipinski definition) is 2. The van der Waals surface area contributed by atoms with E-state index in [1.807, 2.05) is 0 Å². The molecule has 0 aromatic heterocycles. The Labute approximate surface area is 110 Å². The third kappa shape index (κ3) is 2.86. The summed E-state index contributed by atoms with van der Waals surface area (Å²) in [5, 5.41) is 3.49. The molecule has 0 radical (unpaired) electrons. The Kier molecular flexibility index (Phi) is 3.97. The van der Waals surface area contributed by atoms with Crippen molar-refractivity contribution in [1.82, 2.24) is 10.2 Å². The van der Waals surface area contributed by atoms with Crippen LogP contribution in [-0.2, 0) is 4.79 Å². The number of nitrogens with zero attached hydrogens (tertiary/aromatic N) is 1. The van der Waals surface area contributed by atoms with Gasteiger partial charge in [0, 0.05) is 18.6 Å². The lowest BCUT2D eigenvalue weighted by Gasteiger charge is -2.38. The molecule has 4 nitrogen and oxygen atoms in total. The zero-order valence-corrected chi connectivity index (χ0v) is 11.9. The first-order valence-corrected chi connectivity index (χ1v) is 7.31. The van der Waals surface area contributed by atoms with Gasteiger partial charge >= 0.3 is 0 Å². The third-order valence-corrected chi connectivity index (χ3v) is 4.18. The van der Waals surface area contributed by atoms with Crippen LogP contribution in [0.15, 0.2) is 0 Å². The van der Waals surface area contributed by atoms with Gasteiger partial charge in [0.15, 0.2) is 0 Å². The highest BCUT2D eigenvalue weighted by Crippen LogP contribution is 2.41. The molecular formula is C14H27N3O. The first kappa shape index (κ1) is 13.8. The van der Waals surface area contributed by atoms with Crippen LogP contribution >= 0.6 is 0 Å². The van der Waals surface area contributed by atoms with E-state index < -0.39 is 5.54 Å². The van der Waals surface area contributed by atoms with E-state index in [9.17, 15) is 4.79 Å². The van der Waals surface area contributed by atoms with Crippen LogP contribution in [0.3, 0.4) is 0 Å². The summed E-state index contributed by atoms with van der Waals surface area (Å²) in [5.74, 6) is 0.267. The topological polar surface area (TPSA) is 58.4 Å². The van der Waals surface area contributed by atoms with Crippen molar-refractivity contribution in [3.63, 3.8) is 0 Å². The van der Waals surface area contributed by atoms with Gasteiger partial charge in [-0.1, -0.05) is 6.92 Å². The zero-order valence-electron chi connectivity index (χ0n) is 11.9. The van der Waals surface area contributed by atoms with Crippen LogP contribution in [-0.4, -0.2) is 41.5 Å². The molecule has 1 unspecified atom stereocenters. The van der Waals surface area contributed by atoms with Gasteiger partial charge in [-0.15, -0.1) is 0 Å². The van der Waals surface area contributed by atoms with Gasteiger partial charge in [-0.3, -0.25) is 15.0 Å². The predicted molar refractivity (Wildman–Crippen MR) is 73.2 cm³/mol. The highest BCUT2D eigenvalue weighted by Gasteiger charge is 2.51. The first-order chi connectivity index (χ1) is 8.49. The summed E-state index contributed by atoms with van der Waals surface area (Å²) in [6, 6.07) is 0.970. The molecule has 0 heterocycles. The molecule has 0 spiro atoms. The minimum absolute atomic E-state index is 0.169. The fraction of sp³-hybridized carbons (Fsp3) is 0.929. The van der Waals surface area contributed by atoms with E-state index in [1.165, 1.54) is 12.8 Å². The van der Waals surface area contributed by atoms with Crippen LogP contribution in [0.25, 0.3) is 0 Å². The van der Waals surface area contributed by atoms with Crippen molar-refractivity contribution in [1.29, 1.82) is 0 Å². The number of nitrogens with one attached hydrogen (secondary N) is 1. The number of primary amides is 1. The second kappa shape index (κ2) is 5.17. The van der Waals surface area contributed by atoms with Gasteiger partial charge in [-0.2, -0.15) is 0 Å². The minimum Gasteiger partial charge on any atom is -0.368 e. The molecule has 2 fully saturated rings. The Morgan fingerprint density at radius 2 is 2.00 bits per heavy atom. The normalized spacial score (nSPS) is 23.4. The molecule has 2 saturated carbocycles. The van der Waals surface area contributed by atoms with Crippen LogP contribution in [0.2, 0.25) is 0 Å². The monoisotopic (exact) mass is 253 g/mol. The van der Waals surface area contributed by atoms with E-state index in [1.54, 1.807) is 0 Å². The standard InChI is InChI=1S/C14H27N3O/c1-4-17(12-7-8-12)9-14(13(15)18,11-5-6-11)16-10(2)3/h10-12,16H,4-9H2,1-3H3,(H2,15,18). The summed E-state index contributed by atoms with van der Waals surface area (Å²) in [4.78, 5) is 14.5. The summed E-state index contributed by atoms with van der Waals surface area (Å²) in [6.45, 7) is 8.14. The Morgan fingerprint density at radius 3 is 2.33 bits per heavy atom. The van der Waals surface area contributed by atoms with Crippen molar-refractivity contribution in [2.24, 2.45) is 11.7 Å². The number of hydrogen-bond acceptors (Lipinski definition) is 3. The summed E-state index contributed by atoms with van der Waals surface area (Å²) in [7, 11) is 0. The first-order valence-electron chi connectivity index (χ1n) is 7.31. The van der Waals surface area contributed by atoms with E-state index in [0.29, 0.717) is 12.0 Å². The van der Waals surface area contributed by atoms with Gasteiger partial charge in [0.1, 0.15) is 5.54 Å². The van der Waals surface area contributed by atoms with Gasteiger partial charge in [-0.25, -0.2) is 0 Å². The van der Waals surface area contributed by atoms with E-state index in [4.69, 9.17) is 5.73 Å². The maximum atomic E-state index is 12.1. The minimum atomic E-state index is -0.507. The average molecular weight is 253 g/mol. The van der Waals surface area contributed by atoms with Crippen LogP contribution in [0.4, 0.5) is 0 Å². The Balaban J connectivity index is 2.13. The summed E-state index contributed by atoms with van der Waals surface area (Å²) < 4.78 is 0. The number of carbonyl (C=O) groups is 1. The lowest BCUT2D eigenvalue weighted by molar-refractivity contribution is -0.126. The molecule has 0 saturated heterocycles. The SMILES string of the molecule is CCN(CC(NC(C)C)(C(N)=O)C1CC1)C1CC1. The maximum absolute atomic E-state index is 12.1. The number of amides is 1. The highest BCUT2D eigenvalue weighted by atomic mass is 16.1. The number of likely N-dealkylation sites (N-methyl/N-ethyl adjacent to an activating group) is 1. The van der Waals surface area contributed by atoms with Crippen molar-refractivity contribution < 1.29 is 4.79 Å². The second-order valence-corrected chi connectivity index (χ2v) is 6.20. The smallest absolute Gasteiger partial charge is 0.239 e. The molecular weight excluding hydrogens is 226 g/mol. The van der Waals surface area contributed by atoms with E-state index in [2.05, 4.69) is 31.0 Å².